The molecule has 0 heterocycles. The number of unbranched alkanes of at least 4 members (excludes halogenated alkanes) is 11. The molecule has 0 aliphatic carbocycles. The molecule has 0 saturated carbocycles. The quantitative estimate of drug-likeness (QED) is 0.184. The first-order chi connectivity index (χ1) is 12.3. The first kappa shape index (κ1) is 23.9. The van der Waals surface area contributed by atoms with Crippen LogP contribution < -0.4 is 0 Å². The molecule has 3 nitrogen and oxygen atoms in total. The third kappa shape index (κ3) is 20.9. The zero-order valence-electron chi connectivity index (χ0n) is 16.4. The lowest BCUT2D eigenvalue weighted by Gasteiger charge is -2.02. The van der Waals surface area contributed by atoms with Crippen molar-refractivity contribution in [1.82, 2.24) is 0 Å². The number of carbonyl (C=O) groups excluding carboxylic acids is 1. The second-order valence-electron chi connectivity index (χ2n) is 6.67. The van der Waals surface area contributed by atoms with Crippen LogP contribution in [0.5, 0.6) is 0 Å². The maximum Gasteiger partial charge on any atom is 0.306 e. The Morgan fingerprint density at radius 2 is 1.32 bits per heavy atom. The Balaban J connectivity index is 3.21. The van der Waals surface area contributed by atoms with Crippen molar-refractivity contribution in [3.05, 3.63) is 24.3 Å². The standard InChI is InChI=1S/C22H40O3/c1-2-3-4-5-6-7-8-9-10-11-12-13-14-15-16-19-22(24)25-21-18-17-20-23/h9-10,17-18,23H,2-8,11-16,19-21H2,1H3/b10-9-,18-17-. The van der Waals surface area contributed by atoms with E-state index in [9.17, 15) is 4.79 Å². The summed E-state index contributed by atoms with van der Waals surface area (Å²) in [5, 5.41) is 8.55. The number of ether oxygens (including phenoxy) is 1. The van der Waals surface area contributed by atoms with Crippen molar-refractivity contribution in [3.63, 3.8) is 0 Å². The summed E-state index contributed by atoms with van der Waals surface area (Å²) in [5.74, 6) is -0.139. The summed E-state index contributed by atoms with van der Waals surface area (Å²) in [6.07, 6.45) is 24.8. The summed E-state index contributed by atoms with van der Waals surface area (Å²) < 4.78 is 5.02. The van der Waals surface area contributed by atoms with Gasteiger partial charge in [-0.05, 0) is 38.2 Å². The van der Waals surface area contributed by atoms with Gasteiger partial charge in [-0.1, -0.05) is 76.5 Å². The zero-order chi connectivity index (χ0) is 18.4. The topological polar surface area (TPSA) is 46.5 Å². The number of rotatable bonds is 18. The third-order valence-corrected chi connectivity index (χ3v) is 4.26. The largest absolute Gasteiger partial charge is 0.461 e. The van der Waals surface area contributed by atoms with Gasteiger partial charge in [-0.3, -0.25) is 4.79 Å². The highest BCUT2D eigenvalue weighted by molar-refractivity contribution is 5.69. The van der Waals surface area contributed by atoms with Gasteiger partial charge in [0.1, 0.15) is 6.61 Å². The van der Waals surface area contributed by atoms with E-state index >= 15 is 0 Å². The number of hydrogen-bond acceptors (Lipinski definition) is 3. The highest BCUT2D eigenvalue weighted by Gasteiger charge is 2.00. The molecule has 146 valence electrons. The van der Waals surface area contributed by atoms with Crippen molar-refractivity contribution >= 4 is 5.97 Å². The molecule has 0 radical (unpaired) electrons. The number of carbonyl (C=O) groups is 1. The van der Waals surface area contributed by atoms with E-state index in [1.165, 1.54) is 70.6 Å². The van der Waals surface area contributed by atoms with E-state index in [0.717, 1.165) is 12.8 Å². The van der Waals surface area contributed by atoms with Gasteiger partial charge in [0.2, 0.25) is 0 Å². The molecule has 25 heavy (non-hydrogen) atoms. The fourth-order valence-electron chi connectivity index (χ4n) is 2.70. The van der Waals surface area contributed by atoms with Crippen molar-refractivity contribution in [2.24, 2.45) is 0 Å². The minimum absolute atomic E-state index is 0.00815. The van der Waals surface area contributed by atoms with Crippen LogP contribution in [0.15, 0.2) is 24.3 Å². The number of allylic oxidation sites excluding steroid dienone is 2. The Kier molecular flexibility index (Phi) is 20.0. The molecule has 3 heteroatoms. The highest BCUT2D eigenvalue weighted by Crippen LogP contribution is 2.10. The summed E-state index contributed by atoms with van der Waals surface area (Å²) in [4.78, 5) is 11.4. The monoisotopic (exact) mass is 352 g/mol. The molecule has 0 atom stereocenters. The van der Waals surface area contributed by atoms with Crippen LogP contribution in [0, 0.1) is 0 Å². The van der Waals surface area contributed by atoms with Crippen molar-refractivity contribution in [2.75, 3.05) is 13.2 Å². The SMILES string of the molecule is CCCCCCCC/C=C\CCCCCCCC(=O)OC/C=C\CO. The van der Waals surface area contributed by atoms with Crippen LogP contribution >= 0.6 is 0 Å². The lowest BCUT2D eigenvalue weighted by Crippen LogP contribution is -2.04. The van der Waals surface area contributed by atoms with E-state index in [1.54, 1.807) is 12.2 Å². The smallest absolute Gasteiger partial charge is 0.306 e. The molecule has 0 saturated heterocycles. The van der Waals surface area contributed by atoms with Crippen molar-refractivity contribution < 1.29 is 14.6 Å². The molecule has 0 fully saturated rings. The Morgan fingerprint density at radius 1 is 0.760 bits per heavy atom. The molecule has 0 bridgehead atoms. The van der Waals surface area contributed by atoms with Gasteiger partial charge >= 0.3 is 5.97 Å². The summed E-state index contributed by atoms with van der Waals surface area (Å²) >= 11 is 0. The van der Waals surface area contributed by atoms with E-state index in [-0.39, 0.29) is 19.2 Å². The van der Waals surface area contributed by atoms with Crippen LogP contribution in [0.1, 0.15) is 96.8 Å². The number of esters is 1. The van der Waals surface area contributed by atoms with E-state index in [2.05, 4.69) is 19.1 Å². The lowest BCUT2D eigenvalue weighted by atomic mass is 10.1. The van der Waals surface area contributed by atoms with Gasteiger partial charge in [-0.2, -0.15) is 0 Å². The molecular formula is C22H40O3. The number of aliphatic hydroxyl groups excluding tert-OH is 1. The second-order valence-corrected chi connectivity index (χ2v) is 6.67. The van der Waals surface area contributed by atoms with Crippen molar-refractivity contribution in [1.29, 1.82) is 0 Å². The average Bonchev–Trinajstić information content (AvgIpc) is 2.62. The van der Waals surface area contributed by atoms with Crippen LogP contribution in [0.25, 0.3) is 0 Å². The summed E-state index contributed by atoms with van der Waals surface area (Å²) in [5.41, 5.74) is 0. The summed E-state index contributed by atoms with van der Waals surface area (Å²) in [7, 11) is 0. The van der Waals surface area contributed by atoms with Crippen molar-refractivity contribution in [2.45, 2.75) is 96.8 Å². The van der Waals surface area contributed by atoms with E-state index < -0.39 is 0 Å². The highest BCUT2D eigenvalue weighted by atomic mass is 16.5. The lowest BCUT2D eigenvalue weighted by molar-refractivity contribution is -0.142. The molecule has 0 aliphatic rings. The predicted octanol–water partition coefficient (Wildman–Crippen LogP) is 6.12. The Hall–Kier alpha value is -1.09. The van der Waals surface area contributed by atoms with Gasteiger partial charge in [0.25, 0.3) is 0 Å². The minimum atomic E-state index is -0.139. The van der Waals surface area contributed by atoms with Crippen LogP contribution in [0.3, 0.4) is 0 Å². The van der Waals surface area contributed by atoms with Crippen LogP contribution in [0.4, 0.5) is 0 Å². The van der Waals surface area contributed by atoms with Gasteiger partial charge < -0.3 is 9.84 Å². The van der Waals surface area contributed by atoms with Gasteiger partial charge in [0.05, 0.1) is 6.61 Å². The molecular weight excluding hydrogens is 312 g/mol. The molecule has 0 aromatic carbocycles. The Labute approximate surface area is 155 Å². The van der Waals surface area contributed by atoms with E-state index in [4.69, 9.17) is 9.84 Å². The summed E-state index contributed by atoms with van der Waals surface area (Å²) in [6, 6.07) is 0. The van der Waals surface area contributed by atoms with Gasteiger partial charge in [-0.15, -0.1) is 0 Å². The zero-order valence-corrected chi connectivity index (χ0v) is 16.4. The van der Waals surface area contributed by atoms with Crippen LogP contribution in [0.2, 0.25) is 0 Å². The first-order valence-electron chi connectivity index (χ1n) is 10.4. The molecule has 0 unspecified atom stereocenters. The first-order valence-corrected chi connectivity index (χ1v) is 10.4. The average molecular weight is 353 g/mol. The number of aliphatic hydroxyl groups is 1. The fraction of sp³-hybridized carbons (Fsp3) is 0.773. The molecule has 0 amide bonds. The third-order valence-electron chi connectivity index (χ3n) is 4.26. The Bertz CT molecular complexity index is 334. The second kappa shape index (κ2) is 21.0. The van der Waals surface area contributed by atoms with Gasteiger partial charge in [-0.25, -0.2) is 0 Å². The Morgan fingerprint density at radius 3 is 1.92 bits per heavy atom. The summed E-state index contributed by atoms with van der Waals surface area (Å²) in [6.45, 7) is 2.52. The van der Waals surface area contributed by atoms with E-state index in [1.807, 2.05) is 0 Å². The van der Waals surface area contributed by atoms with E-state index in [0.29, 0.717) is 6.42 Å². The molecule has 1 N–H and O–H groups in total. The molecule has 0 spiro atoms. The fourth-order valence-corrected chi connectivity index (χ4v) is 2.70. The maximum absolute atomic E-state index is 11.4. The molecule has 0 aliphatic heterocycles. The van der Waals surface area contributed by atoms with Gasteiger partial charge in [0.15, 0.2) is 0 Å². The molecule has 0 rings (SSSR count). The molecule has 0 aromatic rings. The van der Waals surface area contributed by atoms with Crippen LogP contribution in [-0.4, -0.2) is 24.3 Å². The van der Waals surface area contributed by atoms with Crippen LogP contribution in [-0.2, 0) is 9.53 Å². The molecule has 0 aromatic heterocycles. The maximum atomic E-state index is 11.4. The van der Waals surface area contributed by atoms with Gasteiger partial charge in [0, 0.05) is 6.42 Å². The normalized spacial score (nSPS) is 11.6. The minimum Gasteiger partial charge on any atom is -0.461 e. The number of hydrogen-bond donors (Lipinski definition) is 1. The predicted molar refractivity (Wildman–Crippen MR) is 107 cm³/mol. The van der Waals surface area contributed by atoms with Crippen molar-refractivity contribution in [3.8, 4) is 0 Å².